The third kappa shape index (κ3) is 5.11. The van der Waals surface area contributed by atoms with E-state index in [0.717, 1.165) is 0 Å². The number of hydrogen-bond acceptors (Lipinski definition) is 8. The maximum absolute atomic E-state index is 12.0. The van der Waals surface area contributed by atoms with E-state index >= 15 is 0 Å². The first-order valence-corrected chi connectivity index (χ1v) is 8.25. The maximum atomic E-state index is 12.0. The van der Waals surface area contributed by atoms with E-state index in [1.807, 2.05) is 0 Å². The van der Waals surface area contributed by atoms with Gasteiger partial charge in [0.25, 0.3) is 0 Å². The molecular weight excluding hydrogens is 338 g/mol. The Labute approximate surface area is 140 Å². The van der Waals surface area contributed by atoms with Gasteiger partial charge in [0, 0.05) is 12.6 Å². The number of rotatable bonds is 6. The number of hydrogen-bond donors (Lipinski definition) is 3. The largest absolute Gasteiger partial charge is 0.495 e. The van der Waals surface area contributed by atoms with Crippen LogP contribution in [0, 0.1) is 0 Å². The predicted octanol–water partition coefficient (Wildman–Crippen LogP) is 1.82. The third-order valence-corrected chi connectivity index (χ3v) is 4.43. The van der Waals surface area contributed by atoms with Gasteiger partial charge in [0.2, 0.25) is 16.9 Å². The smallest absolute Gasteiger partial charge is 0.234 e. The van der Waals surface area contributed by atoms with Crippen LogP contribution in [0.1, 0.15) is 6.92 Å². The van der Waals surface area contributed by atoms with Gasteiger partial charge in [0.15, 0.2) is 4.34 Å². The Hall–Kier alpha value is -2.33. The Bertz CT molecular complexity index is 719. The molecule has 4 N–H and O–H groups in total. The van der Waals surface area contributed by atoms with Gasteiger partial charge in [-0.05, 0) is 18.2 Å². The number of thioether (sulfide) groups is 1. The first-order valence-electron chi connectivity index (χ1n) is 6.45. The fraction of sp³-hybridized carbons (Fsp3) is 0.231. The molecule has 2 amide bonds. The molecule has 0 saturated carbocycles. The molecule has 1 aromatic heterocycles. The molecule has 0 spiro atoms. The number of nitrogens with two attached hydrogens (primary N) is 1. The summed E-state index contributed by atoms with van der Waals surface area (Å²) in [5.41, 5.74) is 6.52. The molecule has 1 aromatic carbocycles. The second-order valence-electron chi connectivity index (χ2n) is 4.34. The molecule has 0 fully saturated rings. The Balaban J connectivity index is 2.01. The highest BCUT2D eigenvalue weighted by Gasteiger charge is 2.11. The maximum Gasteiger partial charge on any atom is 0.234 e. The molecule has 0 aliphatic rings. The van der Waals surface area contributed by atoms with Crippen LogP contribution < -0.4 is 21.1 Å². The van der Waals surface area contributed by atoms with Crippen LogP contribution in [0.5, 0.6) is 5.75 Å². The number of anilines is 3. The molecule has 0 saturated heterocycles. The van der Waals surface area contributed by atoms with Crippen molar-refractivity contribution in [2.75, 3.05) is 29.2 Å². The molecule has 23 heavy (non-hydrogen) atoms. The summed E-state index contributed by atoms with van der Waals surface area (Å²) >= 11 is 2.46. The van der Waals surface area contributed by atoms with Crippen LogP contribution in [-0.4, -0.2) is 34.9 Å². The molecule has 122 valence electrons. The molecule has 10 heteroatoms. The van der Waals surface area contributed by atoms with Gasteiger partial charge in [-0.2, -0.15) is 0 Å². The van der Waals surface area contributed by atoms with E-state index in [1.165, 1.54) is 37.1 Å². The van der Waals surface area contributed by atoms with Crippen molar-refractivity contribution in [3.63, 3.8) is 0 Å². The summed E-state index contributed by atoms with van der Waals surface area (Å²) in [7, 11) is 1.50. The van der Waals surface area contributed by atoms with E-state index in [4.69, 9.17) is 10.5 Å². The van der Waals surface area contributed by atoms with Gasteiger partial charge in [0.1, 0.15) is 5.75 Å². The second-order valence-corrected chi connectivity index (χ2v) is 6.57. The zero-order valence-corrected chi connectivity index (χ0v) is 14.1. The first kappa shape index (κ1) is 17.0. The van der Waals surface area contributed by atoms with E-state index in [0.29, 0.717) is 26.6 Å². The molecule has 0 atom stereocenters. The third-order valence-electron chi connectivity index (χ3n) is 2.54. The number of methoxy groups -OCH3 is 1. The average Bonchev–Trinajstić information content (AvgIpc) is 2.90. The predicted molar refractivity (Wildman–Crippen MR) is 91.0 cm³/mol. The number of ether oxygens (including phenoxy) is 1. The number of amides is 2. The highest BCUT2D eigenvalue weighted by atomic mass is 32.2. The van der Waals surface area contributed by atoms with Crippen LogP contribution in [0.3, 0.4) is 0 Å². The van der Waals surface area contributed by atoms with Gasteiger partial charge in [-0.25, -0.2) is 0 Å². The number of carbonyl (C=O) groups is 2. The van der Waals surface area contributed by atoms with Crippen molar-refractivity contribution in [2.45, 2.75) is 11.3 Å². The number of benzene rings is 1. The molecule has 0 bridgehead atoms. The van der Waals surface area contributed by atoms with Gasteiger partial charge in [-0.15, -0.1) is 10.2 Å². The number of nitrogens with zero attached hydrogens (tertiary/aromatic N) is 2. The van der Waals surface area contributed by atoms with Crippen molar-refractivity contribution in [2.24, 2.45) is 0 Å². The fourth-order valence-electron chi connectivity index (χ4n) is 1.68. The van der Waals surface area contributed by atoms with Crippen LogP contribution in [0.2, 0.25) is 0 Å². The summed E-state index contributed by atoms with van der Waals surface area (Å²) in [5.74, 6) is 0.221. The van der Waals surface area contributed by atoms with E-state index in [1.54, 1.807) is 18.2 Å². The first-order chi connectivity index (χ1) is 11.0. The molecule has 1 heterocycles. The SMILES string of the molecule is COc1ccc(NC(C)=O)cc1NC(=O)CSc1nnc(N)s1. The van der Waals surface area contributed by atoms with Crippen molar-refractivity contribution < 1.29 is 14.3 Å². The standard InChI is InChI=1S/C13H15N5O3S2/c1-7(19)15-8-3-4-10(21-2)9(5-8)16-11(20)6-22-13-18-17-12(14)23-13/h3-5H,6H2,1-2H3,(H2,14,17)(H,15,19)(H,16,20). The Morgan fingerprint density at radius 2 is 2.13 bits per heavy atom. The van der Waals surface area contributed by atoms with Gasteiger partial charge >= 0.3 is 0 Å². The average molecular weight is 353 g/mol. The van der Waals surface area contributed by atoms with Crippen molar-refractivity contribution in [3.8, 4) is 5.75 Å². The van der Waals surface area contributed by atoms with Gasteiger partial charge in [-0.1, -0.05) is 23.1 Å². The molecule has 2 rings (SSSR count). The minimum Gasteiger partial charge on any atom is -0.495 e. The Morgan fingerprint density at radius 1 is 1.35 bits per heavy atom. The minimum atomic E-state index is -0.234. The molecule has 8 nitrogen and oxygen atoms in total. The summed E-state index contributed by atoms with van der Waals surface area (Å²) in [6.07, 6.45) is 0. The van der Waals surface area contributed by atoms with E-state index < -0.39 is 0 Å². The minimum absolute atomic E-state index is 0.155. The number of nitrogens with one attached hydrogen (secondary N) is 2. The lowest BCUT2D eigenvalue weighted by molar-refractivity contribution is -0.114. The van der Waals surface area contributed by atoms with Crippen molar-refractivity contribution in [1.82, 2.24) is 10.2 Å². The lowest BCUT2D eigenvalue weighted by atomic mass is 10.2. The summed E-state index contributed by atoms with van der Waals surface area (Å²) < 4.78 is 5.82. The van der Waals surface area contributed by atoms with E-state index in [9.17, 15) is 9.59 Å². The van der Waals surface area contributed by atoms with Crippen LogP contribution in [0.4, 0.5) is 16.5 Å². The van der Waals surface area contributed by atoms with Crippen molar-refractivity contribution >= 4 is 51.4 Å². The molecule has 0 aliphatic carbocycles. The number of aromatic nitrogens is 2. The monoisotopic (exact) mass is 353 g/mol. The second kappa shape index (κ2) is 7.79. The van der Waals surface area contributed by atoms with Gasteiger partial charge in [-0.3, -0.25) is 9.59 Å². The lowest BCUT2D eigenvalue weighted by Crippen LogP contribution is -2.15. The Morgan fingerprint density at radius 3 is 2.74 bits per heavy atom. The summed E-state index contributed by atoms with van der Waals surface area (Å²) in [6, 6.07) is 4.99. The van der Waals surface area contributed by atoms with Gasteiger partial charge < -0.3 is 21.1 Å². The molecule has 2 aromatic rings. The summed E-state index contributed by atoms with van der Waals surface area (Å²) in [4.78, 5) is 23.2. The van der Waals surface area contributed by atoms with Crippen molar-refractivity contribution in [1.29, 1.82) is 0 Å². The zero-order valence-electron chi connectivity index (χ0n) is 12.5. The molecule has 0 aliphatic heterocycles. The van der Waals surface area contributed by atoms with Crippen LogP contribution in [-0.2, 0) is 9.59 Å². The van der Waals surface area contributed by atoms with Crippen LogP contribution in [0.15, 0.2) is 22.5 Å². The van der Waals surface area contributed by atoms with E-state index in [2.05, 4.69) is 20.8 Å². The normalized spacial score (nSPS) is 10.2. The van der Waals surface area contributed by atoms with Gasteiger partial charge in [0.05, 0.1) is 18.6 Å². The Kier molecular flexibility index (Phi) is 5.77. The molecular formula is C13H15N5O3S2. The number of nitrogen functional groups attached to an aromatic ring is 1. The van der Waals surface area contributed by atoms with E-state index in [-0.39, 0.29) is 17.6 Å². The quantitative estimate of drug-likeness (QED) is 0.678. The molecule has 0 unspecified atom stereocenters. The van der Waals surface area contributed by atoms with Crippen molar-refractivity contribution in [3.05, 3.63) is 18.2 Å². The summed E-state index contributed by atoms with van der Waals surface area (Å²) in [6.45, 7) is 1.41. The fourth-order valence-corrected chi connectivity index (χ4v) is 3.12. The van der Waals surface area contributed by atoms with Crippen LogP contribution >= 0.6 is 23.1 Å². The summed E-state index contributed by atoms with van der Waals surface area (Å²) in [5, 5.41) is 13.3. The van der Waals surface area contributed by atoms with Crippen LogP contribution in [0.25, 0.3) is 0 Å². The number of carbonyl (C=O) groups excluding carboxylic acids is 2. The highest BCUT2D eigenvalue weighted by molar-refractivity contribution is 8.01. The zero-order chi connectivity index (χ0) is 16.8. The topological polar surface area (TPSA) is 119 Å². The lowest BCUT2D eigenvalue weighted by Gasteiger charge is -2.12. The molecule has 0 radical (unpaired) electrons. The highest BCUT2D eigenvalue weighted by Crippen LogP contribution is 2.29.